The van der Waals surface area contributed by atoms with Crippen molar-refractivity contribution in [3.05, 3.63) is 105 Å². The predicted molar refractivity (Wildman–Crippen MR) is 167 cm³/mol. The molecular formula is C32H33Cl2N3O4. The number of rotatable bonds is 13. The van der Waals surface area contributed by atoms with E-state index >= 15 is 0 Å². The number of alkyl halides is 2. The maximum absolute atomic E-state index is 13.3. The van der Waals surface area contributed by atoms with Crippen LogP contribution in [0.3, 0.4) is 0 Å². The molecule has 41 heavy (non-hydrogen) atoms. The van der Waals surface area contributed by atoms with Crippen molar-refractivity contribution in [3.8, 4) is 0 Å². The number of nitrogens with zero attached hydrogens (tertiary/aromatic N) is 2. The van der Waals surface area contributed by atoms with Crippen LogP contribution >= 0.6 is 23.2 Å². The van der Waals surface area contributed by atoms with Crippen LogP contribution in [0.25, 0.3) is 10.9 Å². The number of carbonyl (C=O) groups is 2. The van der Waals surface area contributed by atoms with Crippen molar-refractivity contribution in [1.29, 1.82) is 0 Å². The van der Waals surface area contributed by atoms with Gasteiger partial charge in [-0.2, -0.15) is 0 Å². The molecule has 214 valence electrons. The molecule has 0 bridgehead atoms. The van der Waals surface area contributed by atoms with E-state index in [1.165, 1.54) is 17.8 Å². The number of aromatic carboxylic acids is 1. The maximum atomic E-state index is 13.3. The number of carbonyl (C=O) groups excluding carboxylic acids is 1. The van der Waals surface area contributed by atoms with E-state index in [0.717, 1.165) is 37.4 Å². The molecule has 0 amide bonds. The van der Waals surface area contributed by atoms with E-state index < -0.39 is 11.4 Å². The lowest BCUT2D eigenvalue weighted by molar-refractivity contribution is 0.0694. The Balaban J connectivity index is 1.47. The first-order valence-corrected chi connectivity index (χ1v) is 14.6. The first-order valence-electron chi connectivity index (χ1n) is 13.5. The standard InChI is InChI=1S/C32H33Cl2N3O4/c1-21(2)37-20-28(32(40)41)31(39)27-12-7-24(19-29(27)37)30(38)23-5-10-26(11-6-23)35-25-8-3-22(4-9-25)13-16-36(17-14-33)18-15-34/h3-12,19-21,35H,13-18H2,1-2H3,(H,40,41). The molecular weight excluding hydrogens is 561 g/mol. The van der Waals surface area contributed by atoms with Gasteiger partial charge in [-0.05, 0) is 74.4 Å². The molecule has 0 atom stereocenters. The Morgan fingerprint density at radius 3 is 2.02 bits per heavy atom. The third-order valence-corrected chi connectivity index (χ3v) is 7.33. The molecule has 3 aromatic carbocycles. The number of benzene rings is 3. The molecule has 0 aliphatic rings. The maximum Gasteiger partial charge on any atom is 0.341 e. The second-order valence-electron chi connectivity index (χ2n) is 10.1. The highest BCUT2D eigenvalue weighted by molar-refractivity contribution is 6.18. The van der Waals surface area contributed by atoms with Gasteiger partial charge in [0.25, 0.3) is 0 Å². The average Bonchev–Trinajstić information content (AvgIpc) is 2.96. The highest BCUT2D eigenvalue weighted by Crippen LogP contribution is 2.23. The van der Waals surface area contributed by atoms with Crippen molar-refractivity contribution in [2.75, 3.05) is 36.7 Å². The number of ketones is 1. The Morgan fingerprint density at radius 2 is 1.46 bits per heavy atom. The summed E-state index contributed by atoms with van der Waals surface area (Å²) < 4.78 is 1.71. The first kappa shape index (κ1) is 30.3. The van der Waals surface area contributed by atoms with Crippen LogP contribution in [0.1, 0.15) is 51.7 Å². The number of hydrogen-bond donors (Lipinski definition) is 2. The fraction of sp³-hybridized carbons (Fsp3) is 0.281. The van der Waals surface area contributed by atoms with E-state index in [0.29, 0.717) is 28.4 Å². The average molecular weight is 595 g/mol. The summed E-state index contributed by atoms with van der Waals surface area (Å²) >= 11 is 11.8. The van der Waals surface area contributed by atoms with Gasteiger partial charge in [0.05, 0.1) is 5.52 Å². The second-order valence-corrected chi connectivity index (χ2v) is 10.9. The van der Waals surface area contributed by atoms with Crippen LogP contribution in [0.4, 0.5) is 11.4 Å². The molecule has 2 N–H and O–H groups in total. The van der Waals surface area contributed by atoms with Crippen LogP contribution in [-0.2, 0) is 6.42 Å². The van der Waals surface area contributed by atoms with Gasteiger partial charge in [0.1, 0.15) is 5.56 Å². The van der Waals surface area contributed by atoms with Gasteiger partial charge in [-0.1, -0.05) is 18.2 Å². The molecule has 0 aliphatic carbocycles. The number of carboxylic acid groups (broad SMARTS) is 1. The summed E-state index contributed by atoms with van der Waals surface area (Å²) in [6, 6.07) is 20.1. The number of hydrogen-bond acceptors (Lipinski definition) is 5. The zero-order valence-corrected chi connectivity index (χ0v) is 24.6. The van der Waals surface area contributed by atoms with Crippen LogP contribution in [0.15, 0.2) is 77.7 Å². The number of anilines is 2. The van der Waals surface area contributed by atoms with Gasteiger partial charge in [0.2, 0.25) is 5.43 Å². The van der Waals surface area contributed by atoms with Crippen LogP contribution in [0, 0.1) is 0 Å². The fourth-order valence-corrected chi connectivity index (χ4v) is 5.20. The van der Waals surface area contributed by atoms with Crippen molar-refractivity contribution in [2.24, 2.45) is 0 Å². The van der Waals surface area contributed by atoms with E-state index in [9.17, 15) is 19.5 Å². The first-order chi connectivity index (χ1) is 19.7. The monoisotopic (exact) mass is 593 g/mol. The Morgan fingerprint density at radius 1 is 0.878 bits per heavy atom. The van der Waals surface area contributed by atoms with Crippen molar-refractivity contribution < 1.29 is 14.7 Å². The zero-order chi connectivity index (χ0) is 29.5. The lowest BCUT2D eigenvalue weighted by atomic mass is 10.0. The summed E-state index contributed by atoms with van der Waals surface area (Å²) in [4.78, 5) is 39.8. The molecule has 1 heterocycles. The van der Waals surface area contributed by atoms with Crippen molar-refractivity contribution in [1.82, 2.24) is 9.47 Å². The van der Waals surface area contributed by atoms with E-state index in [1.807, 2.05) is 38.1 Å². The Kier molecular flexibility index (Phi) is 10.2. The third kappa shape index (κ3) is 7.36. The topological polar surface area (TPSA) is 91.6 Å². The van der Waals surface area contributed by atoms with Gasteiger partial charge in [0, 0.05) is 71.5 Å². The Hall–Kier alpha value is -3.65. The molecule has 0 spiro atoms. The normalized spacial score (nSPS) is 11.4. The molecule has 4 rings (SSSR count). The molecule has 1 aromatic heterocycles. The molecule has 0 unspecified atom stereocenters. The van der Waals surface area contributed by atoms with Crippen LogP contribution in [-0.4, -0.2) is 57.7 Å². The van der Waals surface area contributed by atoms with Gasteiger partial charge in [-0.15, -0.1) is 23.2 Å². The minimum absolute atomic E-state index is 0.109. The SMILES string of the molecule is CC(C)n1cc(C(=O)O)c(=O)c2ccc(C(=O)c3ccc(Nc4ccc(CCN(CCCl)CCCl)cc4)cc3)cc21. The van der Waals surface area contributed by atoms with E-state index in [1.54, 1.807) is 28.8 Å². The summed E-state index contributed by atoms with van der Waals surface area (Å²) in [7, 11) is 0. The molecule has 0 saturated carbocycles. The second kappa shape index (κ2) is 13.8. The molecule has 7 nitrogen and oxygen atoms in total. The molecule has 0 radical (unpaired) electrons. The number of fused-ring (bicyclic) bond motifs is 1. The zero-order valence-electron chi connectivity index (χ0n) is 23.1. The molecule has 9 heteroatoms. The summed E-state index contributed by atoms with van der Waals surface area (Å²) in [6.45, 7) is 6.32. The van der Waals surface area contributed by atoms with E-state index in [4.69, 9.17) is 23.2 Å². The van der Waals surface area contributed by atoms with Crippen molar-refractivity contribution in [2.45, 2.75) is 26.3 Å². The Labute approximate surface area is 249 Å². The van der Waals surface area contributed by atoms with Crippen LogP contribution < -0.4 is 10.7 Å². The highest BCUT2D eigenvalue weighted by atomic mass is 35.5. The van der Waals surface area contributed by atoms with Gasteiger partial charge >= 0.3 is 5.97 Å². The largest absolute Gasteiger partial charge is 0.477 e. The predicted octanol–water partition coefficient (Wildman–Crippen LogP) is 6.58. The highest BCUT2D eigenvalue weighted by Gasteiger charge is 2.18. The lowest BCUT2D eigenvalue weighted by Gasteiger charge is -2.19. The summed E-state index contributed by atoms with van der Waals surface area (Å²) in [5, 5.41) is 13.1. The van der Waals surface area contributed by atoms with Crippen LogP contribution in [0.2, 0.25) is 0 Å². The molecule has 4 aromatic rings. The van der Waals surface area contributed by atoms with Gasteiger partial charge in [-0.25, -0.2) is 4.79 Å². The van der Waals surface area contributed by atoms with Crippen molar-refractivity contribution in [3.63, 3.8) is 0 Å². The summed E-state index contributed by atoms with van der Waals surface area (Å²) in [6.07, 6.45) is 2.25. The summed E-state index contributed by atoms with van der Waals surface area (Å²) in [5.74, 6) is -0.293. The Bertz CT molecular complexity index is 1580. The van der Waals surface area contributed by atoms with Crippen molar-refractivity contribution >= 4 is 57.2 Å². The minimum atomic E-state index is -1.27. The molecule has 0 saturated heterocycles. The summed E-state index contributed by atoms with van der Waals surface area (Å²) in [5.41, 5.74) is 3.60. The number of aromatic nitrogens is 1. The van der Waals surface area contributed by atoms with Gasteiger partial charge in [0.15, 0.2) is 5.78 Å². The number of halogens is 2. The van der Waals surface area contributed by atoms with Gasteiger partial charge in [-0.3, -0.25) is 9.59 Å². The lowest BCUT2D eigenvalue weighted by Crippen LogP contribution is -2.30. The van der Waals surface area contributed by atoms with E-state index in [2.05, 4.69) is 22.3 Å². The smallest absolute Gasteiger partial charge is 0.341 e. The number of nitrogens with one attached hydrogen (secondary N) is 1. The van der Waals surface area contributed by atoms with Gasteiger partial charge < -0.3 is 19.9 Å². The number of pyridine rings is 1. The third-order valence-electron chi connectivity index (χ3n) is 6.99. The fourth-order valence-electron chi connectivity index (χ4n) is 4.73. The minimum Gasteiger partial charge on any atom is -0.477 e. The molecule has 0 aliphatic heterocycles. The molecule has 0 fully saturated rings. The number of carboxylic acids is 1. The van der Waals surface area contributed by atoms with E-state index in [-0.39, 0.29) is 22.8 Å². The quantitative estimate of drug-likeness (QED) is 0.134. The van der Waals surface area contributed by atoms with Crippen LogP contribution in [0.5, 0.6) is 0 Å².